The van der Waals surface area contributed by atoms with E-state index in [9.17, 15) is 9.90 Å². The highest BCUT2D eigenvalue weighted by Gasteiger charge is 2.43. The monoisotopic (exact) mass is 314 g/mol. The summed E-state index contributed by atoms with van der Waals surface area (Å²) in [7, 11) is 0. The molecule has 0 heterocycles. The van der Waals surface area contributed by atoms with Crippen molar-refractivity contribution in [2.24, 2.45) is 5.41 Å². The Morgan fingerprint density at radius 1 is 1.04 bits per heavy atom. The fourth-order valence-corrected chi connectivity index (χ4v) is 5.01. The minimum absolute atomic E-state index is 0.374. The summed E-state index contributed by atoms with van der Waals surface area (Å²) in [5.41, 5.74) is 2.18. The number of aliphatic carboxylic acids is 1. The second-order valence-electron chi connectivity index (χ2n) is 8.49. The summed E-state index contributed by atoms with van der Waals surface area (Å²) in [6, 6.07) is 8.45. The zero-order chi connectivity index (χ0) is 16.5. The van der Waals surface area contributed by atoms with Crippen LogP contribution in [0.25, 0.3) is 0 Å². The van der Waals surface area contributed by atoms with Crippen LogP contribution in [0.5, 0.6) is 0 Å². The Bertz CT molecular complexity index is 567. The van der Waals surface area contributed by atoms with Crippen molar-refractivity contribution in [1.29, 1.82) is 0 Å². The number of carbonyl (C=O) groups is 1. The second kappa shape index (κ2) is 6.30. The lowest BCUT2D eigenvalue weighted by molar-refractivity contribution is -0.145. The molecule has 1 atom stereocenters. The maximum Gasteiger partial charge on any atom is 0.314 e. The molecule has 1 aromatic carbocycles. The van der Waals surface area contributed by atoms with Gasteiger partial charge in [0.2, 0.25) is 0 Å². The van der Waals surface area contributed by atoms with Crippen LogP contribution in [0.15, 0.2) is 24.3 Å². The summed E-state index contributed by atoms with van der Waals surface area (Å²) in [5, 5.41) is 10.1. The highest BCUT2D eigenvalue weighted by molar-refractivity contribution is 5.82. The van der Waals surface area contributed by atoms with E-state index in [1.165, 1.54) is 37.7 Å². The van der Waals surface area contributed by atoms with Gasteiger partial charge in [0.1, 0.15) is 0 Å². The molecule has 2 heteroatoms. The summed E-state index contributed by atoms with van der Waals surface area (Å²) < 4.78 is 0. The molecule has 1 N–H and O–H groups in total. The minimum atomic E-state index is -0.642. The van der Waals surface area contributed by atoms with Crippen LogP contribution in [-0.4, -0.2) is 11.1 Å². The molecule has 1 unspecified atom stereocenters. The van der Waals surface area contributed by atoms with Crippen LogP contribution in [-0.2, 0) is 10.2 Å². The average Bonchev–Trinajstić information content (AvgIpc) is 2.54. The molecular weight excluding hydrogens is 284 g/mol. The zero-order valence-corrected chi connectivity index (χ0v) is 14.6. The second-order valence-corrected chi connectivity index (χ2v) is 8.49. The van der Waals surface area contributed by atoms with E-state index in [1.54, 1.807) is 0 Å². The van der Waals surface area contributed by atoms with Crippen molar-refractivity contribution >= 4 is 5.97 Å². The zero-order valence-electron chi connectivity index (χ0n) is 14.6. The largest absolute Gasteiger partial charge is 0.481 e. The van der Waals surface area contributed by atoms with E-state index in [2.05, 4.69) is 32.0 Å². The van der Waals surface area contributed by atoms with Crippen LogP contribution in [0.4, 0.5) is 0 Å². The molecule has 0 aliphatic heterocycles. The van der Waals surface area contributed by atoms with Gasteiger partial charge >= 0.3 is 5.97 Å². The highest BCUT2D eigenvalue weighted by atomic mass is 16.4. The molecule has 0 spiro atoms. The molecule has 23 heavy (non-hydrogen) atoms. The predicted molar refractivity (Wildman–Crippen MR) is 93.8 cm³/mol. The lowest BCUT2D eigenvalue weighted by Gasteiger charge is -2.40. The average molecular weight is 314 g/mol. The van der Waals surface area contributed by atoms with Gasteiger partial charge in [-0.15, -0.1) is 0 Å². The third-order valence-corrected chi connectivity index (χ3v) is 6.24. The number of benzene rings is 1. The Hall–Kier alpha value is -1.31. The van der Waals surface area contributed by atoms with Gasteiger partial charge in [0.25, 0.3) is 0 Å². The summed E-state index contributed by atoms with van der Waals surface area (Å²) in [6.07, 6.45) is 9.78. The van der Waals surface area contributed by atoms with Gasteiger partial charge in [0, 0.05) is 0 Å². The van der Waals surface area contributed by atoms with Gasteiger partial charge < -0.3 is 5.11 Å². The van der Waals surface area contributed by atoms with Gasteiger partial charge in [0.15, 0.2) is 0 Å². The first-order valence-corrected chi connectivity index (χ1v) is 9.27. The number of hydrogen-bond acceptors (Lipinski definition) is 1. The van der Waals surface area contributed by atoms with Crippen molar-refractivity contribution in [3.8, 4) is 0 Å². The van der Waals surface area contributed by atoms with Gasteiger partial charge in [-0.25, -0.2) is 0 Å². The highest BCUT2D eigenvalue weighted by Crippen LogP contribution is 2.48. The Morgan fingerprint density at radius 3 is 2.39 bits per heavy atom. The van der Waals surface area contributed by atoms with E-state index in [1.807, 2.05) is 6.07 Å². The van der Waals surface area contributed by atoms with Crippen molar-refractivity contribution in [3.05, 3.63) is 35.4 Å². The molecule has 2 fully saturated rings. The Kier molecular flexibility index (Phi) is 4.53. The molecule has 126 valence electrons. The van der Waals surface area contributed by atoms with E-state index in [4.69, 9.17) is 0 Å². The number of carboxylic acids is 1. The molecule has 0 amide bonds. The molecule has 0 aromatic heterocycles. The lowest BCUT2D eigenvalue weighted by atomic mass is 9.64. The molecule has 2 nitrogen and oxygen atoms in total. The third-order valence-electron chi connectivity index (χ3n) is 6.24. The fourth-order valence-electron chi connectivity index (χ4n) is 5.01. The quantitative estimate of drug-likeness (QED) is 0.782. The molecule has 2 saturated carbocycles. The predicted octanol–water partition coefficient (Wildman–Crippen LogP) is 5.66. The molecule has 0 saturated heterocycles. The molecule has 3 rings (SSSR count). The summed E-state index contributed by atoms with van der Waals surface area (Å²) >= 11 is 0. The SMILES string of the molecule is CC1(C)CCCC(c2ccccc2C2(C(=O)O)CCCCC2)C1. The molecule has 2 aliphatic carbocycles. The first-order valence-electron chi connectivity index (χ1n) is 9.27. The Labute approximate surface area is 140 Å². The topological polar surface area (TPSA) is 37.3 Å². The summed E-state index contributed by atoms with van der Waals surface area (Å²) in [5.74, 6) is -0.0900. The van der Waals surface area contributed by atoms with E-state index >= 15 is 0 Å². The maximum absolute atomic E-state index is 12.2. The summed E-state index contributed by atoms with van der Waals surface area (Å²) in [4.78, 5) is 12.2. The van der Waals surface area contributed by atoms with Crippen LogP contribution in [0.1, 0.15) is 88.7 Å². The summed E-state index contributed by atoms with van der Waals surface area (Å²) in [6.45, 7) is 4.71. The van der Waals surface area contributed by atoms with Crippen LogP contribution >= 0.6 is 0 Å². The van der Waals surface area contributed by atoms with Crippen molar-refractivity contribution in [2.45, 2.75) is 83.0 Å². The Balaban J connectivity index is 2.01. The smallest absolute Gasteiger partial charge is 0.314 e. The molecule has 0 bridgehead atoms. The minimum Gasteiger partial charge on any atom is -0.481 e. The van der Waals surface area contributed by atoms with Gasteiger partial charge in [-0.2, -0.15) is 0 Å². The van der Waals surface area contributed by atoms with Crippen LogP contribution in [0.2, 0.25) is 0 Å². The van der Waals surface area contributed by atoms with Crippen molar-refractivity contribution < 1.29 is 9.90 Å². The van der Waals surface area contributed by atoms with E-state index in [-0.39, 0.29) is 0 Å². The molecular formula is C21H30O2. The first-order chi connectivity index (χ1) is 10.9. The normalized spacial score (nSPS) is 26.6. The third kappa shape index (κ3) is 3.18. The van der Waals surface area contributed by atoms with Crippen molar-refractivity contribution in [3.63, 3.8) is 0 Å². The number of carboxylic acid groups (broad SMARTS) is 1. The van der Waals surface area contributed by atoms with E-state index in [0.717, 1.165) is 31.2 Å². The van der Waals surface area contributed by atoms with Gasteiger partial charge in [-0.3, -0.25) is 4.79 Å². The first kappa shape index (κ1) is 16.5. The van der Waals surface area contributed by atoms with Crippen LogP contribution < -0.4 is 0 Å². The standard InChI is InChI=1S/C21H30O2/c1-20(2)12-8-9-16(15-20)17-10-4-5-11-18(17)21(19(22)23)13-6-3-7-14-21/h4-5,10-11,16H,3,6-9,12-15H2,1-2H3,(H,22,23). The number of hydrogen-bond donors (Lipinski definition) is 1. The molecule has 2 aliphatic rings. The van der Waals surface area contributed by atoms with Crippen molar-refractivity contribution in [1.82, 2.24) is 0 Å². The van der Waals surface area contributed by atoms with E-state index in [0.29, 0.717) is 11.3 Å². The number of rotatable bonds is 3. The molecule has 1 aromatic rings. The Morgan fingerprint density at radius 2 is 1.74 bits per heavy atom. The van der Waals surface area contributed by atoms with Crippen molar-refractivity contribution in [2.75, 3.05) is 0 Å². The fraction of sp³-hybridized carbons (Fsp3) is 0.667. The van der Waals surface area contributed by atoms with Crippen LogP contribution in [0.3, 0.4) is 0 Å². The van der Waals surface area contributed by atoms with Gasteiger partial charge in [0.05, 0.1) is 5.41 Å². The molecule has 0 radical (unpaired) electrons. The van der Waals surface area contributed by atoms with Gasteiger partial charge in [-0.1, -0.05) is 63.8 Å². The maximum atomic E-state index is 12.2. The van der Waals surface area contributed by atoms with Crippen LogP contribution in [0, 0.1) is 5.41 Å². The van der Waals surface area contributed by atoms with Gasteiger partial charge in [-0.05, 0) is 54.6 Å². The van der Waals surface area contributed by atoms with E-state index < -0.39 is 11.4 Å². The lowest BCUT2D eigenvalue weighted by Crippen LogP contribution is -2.39.